The number of nitrogens with one attached hydrogen (secondary N) is 4. The fourth-order valence-electron chi connectivity index (χ4n) is 7.03. The lowest BCUT2D eigenvalue weighted by Crippen LogP contribution is -2.58. The molecule has 0 spiro atoms. The van der Waals surface area contributed by atoms with Crippen LogP contribution in [0, 0.1) is 17.8 Å². The quantitative estimate of drug-likeness (QED) is 0.179. The average Bonchev–Trinajstić information content (AvgIpc) is 3.69. The molecule has 302 valence electrons. The van der Waals surface area contributed by atoms with Gasteiger partial charge in [-0.05, 0) is 81.4 Å². The zero-order valence-electron chi connectivity index (χ0n) is 33.7. The minimum absolute atomic E-state index is 0.0860. The summed E-state index contributed by atoms with van der Waals surface area (Å²) in [5.74, 6) is -2.71. The topological polar surface area (TPSA) is 192 Å². The molecule has 1 saturated carbocycles. The Kier molecular flexibility index (Phi) is 18.3. The van der Waals surface area contributed by atoms with Gasteiger partial charge in [0.2, 0.25) is 23.5 Å². The lowest BCUT2D eigenvalue weighted by Gasteiger charge is -2.32. The van der Waals surface area contributed by atoms with Gasteiger partial charge in [-0.1, -0.05) is 66.7 Å². The van der Waals surface area contributed by atoms with Crippen LogP contribution in [0.3, 0.4) is 0 Å². The number of aromatic nitrogens is 3. The maximum atomic E-state index is 13.8. The number of likely N-dealkylation sites (tertiary alicyclic amines) is 1. The highest BCUT2D eigenvalue weighted by Crippen LogP contribution is 2.27. The number of carbonyl (C=O) groups is 6. The van der Waals surface area contributed by atoms with Crippen LogP contribution in [0.15, 0.2) is 43.1 Å². The van der Waals surface area contributed by atoms with Crippen molar-refractivity contribution in [1.82, 2.24) is 41.1 Å². The van der Waals surface area contributed by atoms with Crippen molar-refractivity contribution in [3.63, 3.8) is 0 Å². The summed E-state index contributed by atoms with van der Waals surface area (Å²) in [6.45, 7) is 14.1. The van der Waals surface area contributed by atoms with Gasteiger partial charge in [0.1, 0.15) is 23.8 Å². The van der Waals surface area contributed by atoms with Crippen LogP contribution in [0.5, 0.6) is 0 Å². The van der Waals surface area contributed by atoms with Gasteiger partial charge in [-0.25, -0.2) is 4.98 Å². The Bertz CT molecular complexity index is 1550. The van der Waals surface area contributed by atoms with Crippen molar-refractivity contribution in [2.45, 2.75) is 143 Å². The van der Waals surface area contributed by atoms with E-state index in [1.165, 1.54) is 23.5 Å². The molecule has 2 aliphatic rings. The van der Waals surface area contributed by atoms with Gasteiger partial charge in [0.05, 0.1) is 18.3 Å². The Morgan fingerprint density at radius 2 is 1.44 bits per heavy atom. The van der Waals surface area contributed by atoms with Crippen molar-refractivity contribution in [2.24, 2.45) is 17.8 Å². The number of rotatable bonds is 16. The fraction of sp³-hybridized carbons (Fsp3) is 0.634. The van der Waals surface area contributed by atoms with Gasteiger partial charge in [-0.15, -0.1) is 0 Å². The van der Waals surface area contributed by atoms with E-state index in [-0.39, 0.29) is 24.0 Å². The summed E-state index contributed by atoms with van der Waals surface area (Å²) in [4.78, 5) is 94.3. The van der Waals surface area contributed by atoms with Crippen molar-refractivity contribution in [3.05, 3.63) is 54.4 Å². The van der Waals surface area contributed by atoms with E-state index in [0.29, 0.717) is 19.4 Å². The smallest absolute Gasteiger partial charge is 0.290 e. The highest BCUT2D eigenvalue weighted by molar-refractivity contribution is 6.38. The molecular formula is C41H62N8O6. The summed E-state index contributed by atoms with van der Waals surface area (Å²) in [5.41, 5.74) is 0.869. The SMILES string of the molecule is CC(C)C.CCC(CC)CC(NC(=O)C1CCCN1C(=O)C(C)NC(=O)C(NC(=O)c1cnccn1)C1CCCCC1)C(=O)C(=O)NC(C)c1ccncc1. The average molecular weight is 763 g/mol. The van der Waals surface area contributed by atoms with Crippen molar-refractivity contribution >= 4 is 35.3 Å². The third-order valence-electron chi connectivity index (χ3n) is 10.2. The molecule has 4 N–H and O–H groups in total. The number of hydrogen-bond donors (Lipinski definition) is 4. The van der Waals surface area contributed by atoms with Crippen molar-refractivity contribution in [2.75, 3.05) is 6.54 Å². The third-order valence-corrected chi connectivity index (χ3v) is 10.2. The molecule has 55 heavy (non-hydrogen) atoms. The molecule has 2 aromatic rings. The second kappa shape index (κ2) is 22.6. The zero-order valence-corrected chi connectivity index (χ0v) is 33.7. The number of carbonyl (C=O) groups excluding carboxylic acids is 6. The Hall–Kier alpha value is -4.75. The van der Waals surface area contributed by atoms with E-state index in [1.54, 1.807) is 38.4 Å². The molecule has 0 radical (unpaired) electrons. The molecule has 5 atom stereocenters. The van der Waals surface area contributed by atoms with Gasteiger partial charge < -0.3 is 26.2 Å². The van der Waals surface area contributed by atoms with E-state index in [9.17, 15) is 28.8 Å². The van der Waals surface area contributed by atoms with Gasteiger partial charge in [0.15, 0.2) is 0 Å². The van der Waals surface area contributed by atoms with Crippen LogP contribution in [-0.4, -0.2) is 85.9 Å². The van der Waals surface area contributed by atoms with Gasteiger partial charge in [0.25, 0.3) is 11.8 Å². The number of pyridine rings is 1. The minimum atomic E-state index is -1.07. The largest absolute Gasteiger partial charge is 0.344 e. The molecular weight excluding hydrogens is 701 g/mol. The van der Waals surface area contributed by atoms with Gasteiger partial charge >= 0.3 is 0 Å². The molecule has 5 amide bonds. The number of amides is 5. The Morgan fingerprint density at radius 3 is 2.04 bits per heavy atom. The molecule has 5 unspecified atom stereocenters. The predicted octanol–water partition coefficient (Wildman–Crippen LogP) is 4.47. The zero-order chi connectivity index (χ0) is 40.5. The summed E-state index contributed by atoms with van der Waals surface area (Å²) < 4.78 is 0. The monoisotopic (exact) mass is 762 g/mol. The first-order valence-electron chi connectivity index (χ1n) is 20.0. The molecule has 0 bridgehead atoms. The first-order valence-corrected chi connectivity index (χ1v) is 20.0. The van der Waals surface area contributed by atoms with Gasteiger partial charge in [-0.3, -0.25) is 38.7 Å². The van der Waals surface area contributed by atoms with E-state index in [0.717, 1.165) is 56.4 Å². The highest BCUT2D eigenvalue weighted by atomic mass is 16.2. The van der Waals surface area contributed by atoms with Crippen molar-refractivity contribution in [3.8, 4) is 0 Å². The second-order valence-corrected chi connectivity index (χ2v) is 15.4. The molecule has 4 rings (SSSR count). The third kappa shape index (κ3) is 13.8. The van der Waals surface area contributed by atoms with Gasteiger partial charge in [-0.2, -0.15) is 0 Å². The van der Waals surface area contributed by atoms with Crippen LogP contribution in [0.4, 0.5) is 0 Å². The number of Topliss-reactive ketones (excluding diaryl/α,β-unsaturated/α-hetero) is 1. The van der Waals surface area contributed by atoms with E-state index >= 15 is 0 Å². The van der Waals surface area contributed by atoms with E-state index < -0.39 is 65.5 Å². The Balaban J connectivity index is 0.00000193. The first kappa shape index (κ1) is 44.6. The van der Waals surface area contributed by atoms with Gasteiger partial charge in [0, 0.05) is 31.3 Å². The Labute approximate surface area is 326 Å². The molecule has 1 aliphatic carbocycles. The lowest BCUT2D eigenvalue weighted by atomic mass is 9.83. The summed E-state index contributed by atoms with van der Waals surface area (Å²) in [7, 11) is 0. The second-order valence-electron chi connectivity index (χ2n) is 15.4. The number of hydrogen-bond acceptors (Lipinski definition) is 9. The maximum absolute atomic E-state index is 13.8. The standard InChI is InChI=1S/C37H52N8O6.C4H10/c1-5-25(6-2)21-28(32(46)36(50)41-23(3)26-14-16-38-17-15-26)43-34(48)30-13-10-20-45(30)37(51)24(4)42-35(49)31(27-11-8-7-9-12-27)44-33(47)29-22-39-18-19-40-29;1-4(2)3/h14-19,22-25,27-28,30-31H,5-13,20-21H2,1-4H3,(H,41,50)(H,42,49)(H,43,48)(H,44,47);4H,1-3H3. The molecule has 0 aromatic carbocycles. The minimum Gasteiger partial charge on any atom is -0.344 e. The molecule has 1 aliphatic heterocycles. The number of ketones is 1. The van der Waals surface area contributed by atoms with Crippen LogP contribution in [0.2, 0.25) is 0 Å². The van der Waals surface area contributed by atoms with Crippen molar-refractivity contribution in [1.29, 1.82) is 0 Å². The summed E-state index contributed by atoms with van der Waals surface area (Å²) in [6.07, 6.45) is 14.5. The molecule has 14 heteroatoms. The molecule has 1 saturated heterocycles. The summed E-state index contributed by atoms with van der Waals surface area (Å²) in [6, 6.07) is -0.772. The van der Waals surface area contributed by atoms with E-state index in [4.69, 9.17) is 0 Å². The fourth-order valence-corrected chi connectivity index (χ4v) is 7.03. The summed E-state index contributed by atoms with van der Waals surface area (Å²) >= 11 is 0. The highest BCUT2D eigenvalue weighted by Gasteiger charge is 2.40. The Morgan fingerprint density at radius 1 is 0.782 bits per heavy atom. The number of nitrogens with zero attached hydrogens (tertiary/aromatic N) is 4. The maximum Gasteiger partial charge on any atom is 0.290 e. The molecule has 2 fully saturated rings. The van der Waals surface area contributed by atoms with Crippen LogP contribution in [0.1, 0.15) is 135 Å². The van der Waals surface area contributed by atoms with E-state index in [2.05, 4.69) is 57.0 Å². The van der Waals surface area contributed by atoms with Crippen LogP contribution in [0.25, 0.3) is 0 Å². The normalized spacial score (nSPS) is 17.9. The van der Waals surface area contributed by atoms with E-state index in [1.807, 2.05) is 13.8 Å². The predicted molar refractivity (Wildman–Crippen MR) is 209 cm³/mol. The van der Waals surface area contributed by atoms with Crippen LogP contribution in [-0.2, 0) is 24.0 Å². The summed E-state index contributed by atoms with van der Waals surface area (Å²) in [5, 5.41) is 11.2. The molecule has 3 heterocycles. The van der Waals surface area contributed by atoms with Crippen LogP contribution < -0.4 is 21.3 Å². The first-order chi connectivity index (χ1) is 26.3. The van der Waals surface area contributed by atoms with Crippen LogP contribution >= 0.6 is 0 Å². The lowest BCUT2D eigenvalue weighted by molar-refractivity contribution is -0.143. The van der Waals surface area contributed by atoms with Crippen molar-refractivity contribution < 1.29 is 28.8 Å². The molecule has 14 nitrogen and oxygen atoms in total. The molecule has 2 aromatic heterocycles.